The molecular formula is C23H27NO5. The molecule has 154 valence electrons. The molecule has 5 N–H and O–H groups in total. The first-order valence-corrected chi connectivity index (χ1v) is 10.00. The van der Waals surface area contributed by atoms with Crippen LogP contribution in [-0.4, -0.2) is 56.4 Å². The standard InChI is InChI=1S/C23H27NO5/c1-2-13-3-5-14(6-4-13)9-16-11-24-18-8-7-15(10-17(16)18)23-22(28)21(27)20(26)19(12-25)29-23/h3-8,10-11,19-28H,2,9,12H2,1H3/t19-,20-,21+,22-,23+/m1/s1. The first kappa shape index (κ1) is 20.1. The zero-order valence-corrected chi connectivity index (χ0v) is 16.3. The smallest absolute Gasteiger partial charge is 0.113 e. The number of benzene rings is 2. The lowest BCUT2D eigenvalue weighted by molar-refractivity contribution is -0.231. The third kappa shape index (κ3) is 3.82. The Bertz CT molecular complexity index is 965. The SMILES string of the molecule is CCc1ccc(Cc2c[nH]c3ccc([C@@H]4O[C@H](CO)[C@@H](O)[C@H](O)[C@H]4O)cc23)cc1. The van der Waals surface area contributed by atoms with E-state index in [1.54, 1.807) is 0 Å². The Hall–Kier alpha value is -2.22. The highest BCUT2D eigenvalue weighted by atomic mass is 16.5. The second kappa shape index (κ2) is 8.26. The number of hydrogen-bond donors (Lipinski definition) is 5. The summed E-state index contributed by atoms with van der Waals surface area (Å²) in [7, 11) is 0. The molecule has 29 heavy (non-hydrogen) atoms. The van der Waals surface area contributed by atoms with E-state index in [1.165, 1.54) is 11.1 Å². The summed E-state index contributed by atoms with van der Waals surface area (Å²) in [5, 5.41) is 41.0. The zero-order chi connectivity index (χ0) is 20.5. The predicted octanol–water partition coefficient (Wildman–Crippen LogP) is 1.84. The first-order chi connectivity index (χ1) is 14.0. The van der Waals surface area contributed by atoms with Gasteiger partial charge in [0.1, 0.15) is 30.5 Å². The predicted molar refractivity (Wildman–Crippen MR) is 110 cm³/mol. The van der Waals surface area contributed by atoms with Gasteiger partial charge >= 0.3 is 0 Å². The van der Waals surface area contributed by atoms with Gasteiger partial charge < -0.3 is 30.1 Å². The maximum Gasteiger partial charge on any atom is 0.113 e. The molecule has 1 aromatic heterocycles. The van der Waals surface area contributed by atoms with E-state index in [9.17, 15) is 20.4 Å². The van der Waals surface area contributed by atoms with Crippen molar-refractivity contribution < 1.29 is 25.2 Å². The summed E-state index contributed by atoms with van der Waals surface area (Å²) in [6.07, 6.45) is -2.02. The minimum atomic E-state index is -1.38. The number of aromatic nitrogens is 1. The van der Waals surface area contributed by atoms with Crippen LogP contribution in [0.4, 0.5) is 0 Å². The summed E-state index contributed by atoms with van der Waals surface area (Å²) < 4.78 is 5.71. The Balaban J connectivity index is 1.64. The quantitative estimate of drug-likeness (QED) is 0.452. The monoisotopic (exact) mass is 397 g/mol. The second-order valence-corrected chi connectivity index (χ2v) is 7.72. The molecule has 6 nitrogen and oxygen atoms in total. The maximum atomic E-state index is 10.4. The third-order valence-electron chi connectivity index (χ3n) is 5.84. The molecule has 0 unspecified atom stereocenters. The highest BCUT2D eigenvalue weighted by molar-refractivity contribution is 5.84. The van der Waals surface area contributed by atoms with E-state index in [1.807, 2.05) is 24.4 Å². The highest BCUT2D eigenvalue weighted by Crippen LogP contribution is 2.34. The number of ether oxygens (including phenoxy) is 1. The van der Waals surface area contributed by atoms with Gasteiger partial charge in [0, 0.05) is 17.1 Å². The molecule has 1 aliphatic heterocycles. The molecule has 2 aromatic carbocycles. The van der Waals surface area contributed by atoms with Crippen molar-refractivity contribution in [3.05, 3.63) is 70.9 Å². The summed E-state index contributed by atoms with van der Waals surface area (Å²) in [5.74, 6) is 0. The molecule has 0 radical (unpaired) electrons. The number of aliphatic hydroxyl groups is 4. The Labute approximate surface area is 169 Å². The van der Waals surface area contributed by atoms with Crippen molar-refractivity contribution in [2.24, 2.45) is 0 Å². The minimum Gasteiger partial charge on any atom is -0.394 e. The van der Waals surface area contributed by atoms with Gasteiger partial charge in [0.15, 0.2) is 0 Å². The van der Waals surface area contributed by atoms with Crippen molar-refractivity contribution in [1.82, 2.24) is 4.98 Å². The van der Waals surface area contributed by atoms with E-state index < -0.39 is 37.1 Å². The largest absolute Gasteiger partial charge is 0.394 e. The van der Waals surface area contributed by atoms with E-state index in [0.717, 1.165) is 29.3 Å². The first-order valence-electron chi connectivity index (χ1n) is 10.00. The van der Waals surface area contributed by atoms with Gasteiger partial charge in [0.2, 0.25) is 0 Å². The van der Waals surface area contributed by atoms with Crippen LogP contribution in [0.3, 0.4) is 0 Å². The Morgan fingerprint density at radius 1 is 0.931 bits per heavy atom. The molecule has 0 spiro atoms. The summed E-state index contributed by atoms with van der Waals surface area (Å²) in [6.45, 7) is 1.70. The van der Waals surface area contributed by atoms with Crippen LogP contribution in [0, 0.1) is 0 Å². The summed E-state index contributed by atoms with van der Waals surface area (Å²) in [5.41, 5.74) is 5.30. The average molecular weight is 397 g/mol. The molecule has 5 atom stereocenters. The number of fused-ring (bicyclic) bond motifs is 1. The van der Waals surface area contributed by atoms with Crippen LogP contribution in [0.15, 0.2) is 48.7 Å². The summed E-state index contributed by atoms with van der Waals surface area (Å²) >= 11 is 0. The number of nitrogens with one attached hydrogen (secondary N) is 1. The van der Waals surface area contributed by atoms with Crippen molar-refractivity contribution in [3.63, 3.8) is 0 Å². The second-order valence-electron chi connectivity index (χ2n) is 7.72. The number of hydrogen-bond acceptors (Lipinski definition) is 5. The van der Waals surface area contributed by atoms with E-state index in [2.05, 4.69) is 36.2 Å². The number of aryl methyl sites for hydroxylation is 1. The van der Waals surface area contributed by atoms with Crippen LogP contribution in [-0.2, 0) is 17.6 Å². The van der Waals surface area contributed by atoms with Crippen LogP contribution < -0.4 is 0 Å². The van der Waals surface area contributed by atoms with Gasteiger partial charge in [-0.15, -0.1) is 0 Å². The van der Waals surface area contributed by atoms with Crippen molar-refractivity contribution in [2.75, 3.05) is 6.61 Å². The molecule has 0 saturated carbocycles. The maximum absolute atomic E-state index is 10.4. The Morgan fingerprint density at radius 2 is 1.66 bits per heavy atom. The molecule has 1 fully saturated rings. The highest BCUT2D eigenvalue weighted by Gasteiger charge is 2.43. The Kier molecular flexibility index (Phi) is 5.72. The summed E-state index contributed by atoms with van der Waals surface area (Å²) in [6, 6.07) is 14.2. The fourth-order valence-corrected chi connectivity index (χ4v) is 4.01. The summed E-state index contributed by atoms with van der Waals surface area (Å²) in [4.78, 5) is 3.28. The molecule has 1 saturated heterocycles. The number of rotatable bonds is 5. The van der Waals surface area contributed by atoms with Gasteiger partial charge in [-0.3, -0.25) is 0 Å². The minimum absolute atomic E-state index is 0.438. The molecule has 4 rings (SSSR count). The zero-order valence-electron chi connectivity index (χ0n) is 16.3. The molecule has 6 heteroatoms. The molecule has 0 aliphatic carbocycles. The fourth-order valence-electron chi connectivity index (χ4n) is 4.01. The lowest BCUT2D eigenvalue weighted by atomic mass is 9.90. The molecular weight excluding hydrogens is 370 g/mol. The Morgan fingerprint density at radius 3 is 2.34 bits per heavy atom. The topological polar surface area (TPSA) is 106 Å². The molecule has 0 amide bonds. The average Bonchev–Trinajstić information content (AvgIpc) is 3.15. The van der Waals surface area contributed by atoms with Gasteiger partial charge in [-0.25, -0.2) is 0 Å². The third-order valence-corrected chi connectivity index (χ3v) is 5.84. The normalized spacial score (nSPS) is 27.4. The van der Waals surface area contributed by atoms with E-state index in [0.29, 0.717) is 5.56 Å². The van der Waals surface area contributed by atoms with Gasteiger partial charge in [0.05, 0.1) is 6.61 Å². The van der Waals surface area contributed by atoms with E-state index in [-0.39, 0.29) is 0 Å². The lowest BCUT2D eigenvalue weighted by Crippen LogP contribution is -2.55. The molecule has 0 bridgehead atoms. The van der Waals surface area contributed by atoms with Crippen LogP contribution in [0.5, 0.6) is 0 Å². The fraction of sp³-hybridized carbons (Fsp3) is 0.391. The van der Waals surface area contributed by atoms with Crippen LogP contribution in [0.25, 0.3) is 10.9 Å². The van der Waals surface area contributed by atoms with Gasteiger partial charge in [-0.05, 0) is 47.2 Å². The van der Waals surface area contributed by atoms with Crippen LogP contribution >= 0.6 is 0 Å². The van der Waals surface area contributed by atoms with Gasteiger partial charge in [-0.1, -0.05) is 37.3 Å². The molecule has 1 aliphatic rings. The van der Waals surface area contributed by atoms with Crippen LogP contribution in [0.2, 0.25) is 0 Å². The molecule has 3 aromatic rings. The number of H-pyrrole nitrogens is 1. The van der Waals surface area contributed by atoms with Crippen molar-refractivity contribution in [1.29, 1.82) is 0 Å². The van der Waals surface area contributed by atoms with E-state index in [4.69, 9.17) is 4.74 Å². The molecule has 2 heterocycles. The van der Waals surface area contributed by atoms with Crippen LogP contribution in [0.1, 0.15) is 35.3 Å². The van der Waals surface area contributed by atoms with Crippen molar-refractivity contribution >= 4 is 10.9 Å². The number of aromatic amines is 1. The number of aliphatic hydroxyl groups excluding tert-OH is 4. The lowest BCUT2D eigenvalue weighted by Gasteiger charge is -2.40. The van der Waals surface area contributed by atoms with Crippen molar-refractivity contribution in [3.8, 4) is 0 Å². The van der Waals surface area contributed by atoms with Gasteiger partial charge in [0.25, 0.3) is 0 Å². The van der Waals surface area contributed by atoms with Gasteiger partial charge in [-0.2, -0.15) is 0 Å². The van der Waals surface area contributed by atoms with Crippen molar-refractivity contribution in [2.45, 2.75) is 50.3 Å². The van der Waals surface area contributed by atoms with E-state index >= 15 is 0 Å².